The number of aryl methyl sites for hydroxylation is 1. The van der Waals surface area contributed by atoms with Crippen LogP contribution in [0.15, 0.2) is 69.2 Å². The zero-order valence-electron chi connectivity index (χ0n) is 22.6. The van der Waals surface area contributed by atoms with Crippen LogP contribution in [0.5, 0.6) is 5.75 Å². The van der Waals surface area contributed by atoms with Gasteiger partial charge < -0.3 is 19.0 Å². The number of carboxylic acids is 1. The molecule has 8 heteroatoms. The molecule has 0 bridgehead atoms. The van der Waals surface area contributed by atoms with Gasteiger partial charge >= 0.3 is 11.6 Å². The van der Waals surface area contributed by atoms with Crippen molar-refractivity contribution in [1.29, 1.82) is 0 Å². The molecule has 0 saturated heterocycles. The summed E-state index contributed by atoms with van der Waals surface area (Å²) < 4.78 is 17.4. The summed E-state index contributed by atoms with van der Waals surface area (Å²) in [5.41, 5.74) is -3.84. The van der Waals surface area contributed by atoms with Crippen molar-refractivity contribution >= 4 is 17.5 Å². The van der Waals surface area contributed by atoms with E-state index < -0.39 is 45.9 Å². The molecule has 38 heavy (non-hydrogen) atoms. The fourth-order valence-electron chi connectivity index (χ4n) is 4.61. The molecule has 3 atom stereocenters. The largest absolute Gasteiger partial charge is 0.479 e. The van der Waals surface area contributed by atoms with Crippen molar-refractivity contribution in [2.24, 2.45) is 0 Å². The summed E-state index contributed by atoms with van der Waals surface area (Å²) >= 11 is 0. The van der Waals surface area contributed by atoms with E-state index in [9.17, 15) is 24.3 Å². The van der Waals surface area contributed by atoms with E-state index in [-0.39, 0.29) is 29.3 Å². The molecule has 2 aliphatic heterocycles. The van der Waals surface area contributed by atoms with Gasteiger partial charge in [0.1, 0.15) is 22.8 Å². The maximum absolute atomic E-state index is 13.2. The van der Waals surface area contributed by atoms with Gasteiger partial charge in [-0.1, -0.05) is 57.2 Å². The van der Waals surface area contributed by atoms with E-state index in [1.807, 2.05) is 26.0 Å². The number of carbonyl (C=O) groups is 3. The first-order valence-corrected chi connectivity index (χ1v) is 12.7. The summed E-state index contributed by atoms with van der Waals surface area (Å²) in [5, 5.41) is 9.81. The van der Waals surface area contributed by atoms with Gasteiger partial charge in [-0.2, -0.15) is 0 Å². The Balaban J connectivity index is 2.00. The van der Waals surface area contributed by atoms with Gasteiger partial charge in [-0.25, -0.2) is 9.59 Å². The molecule has 0 unspecified atom stereocenters. The number of allylic oxidation sites excluding steroid dienone is 7. The quantitative estimate of drug-likeness (QED) is 0.315. The molecular formula is C30H34O8. The molecule has 0 saturated carbocycles. The van der Waals surface area contributed by atoms with Crippen molar-refractivity contribution < 1.29 is 33.4 Å². The molecule has 2 aliphatic rings. The van der Waals surface area contributed by atoms with Gasteiger partial charge in [0, 0.05) is 12.0 Å². The van der Waals surface area contributed by atoms with E-state index in [0.29, 0.717) is 5.56 Å². The Bertz CT molecular complexity index is 1350. The smallest absolute Gasteiger partial charge is 0.350 e. The van der Waals surface area contributed by atoms with E-state index in [1.165, 1.54) is 13.0 Å². The lowest BCUT2D eigenvalue weighted by molar-refractivity contribution is -0.135. The molecule has 3 heterocycles. The average molecular weight is 523 g/mol. The molecule has 0 spiro atoms. The molecule has 0 aliphatic carbocycles. The second-order valence-corrected chi connectivity index (χ2v) is 9.74. The molecular weight excluding hydrogens is 488 g/mol. The van der Waals surface area contributed by atoms with Gasteiger partial charge in [-0.3, -0.25) is 9.59 Å². The highest BCUT2D eigenvalue weighted by Gasteiger charge is 2.49. The number of aliphatic carboxylic acids is 1. The first kappa shape index (κ1) is 28.6. The van der Waals surface area contributed by atoms with Gasteiger partial charge in [0.05, 0.1) is 0 Å². The SMILES string of the molecule is CC/C=C/C=C/[C@@]1(C)OC(C[C@H](C)c2c(C)oc(=O)c3c2O[C@](C)(/C=C/C=C/CC)C3=O)=C(C(=O)O)C1=O. The fourth-order valence-corrected chi connectivity index (χ4v) is 4.61. The van der Waals surface area contributed by atoms with E-state index in [4.69, 9.17) is 13.9 Å². The Morgan fingerprint density at radius 3 is 2.00 bits per heavy atom. The van der Waals surface area contributed by atoms with E-state index in [2.05, 4.69) is 0 Å². The van der Waals surface area contributed by atoms with Crippen LogP contribution in [0.2, 0.25) is 0 Å². The van der Waals surface area contributed by atoms with Gasteiger partial charge in [-0.15, -0.1) is 0 Å². The molecule has 0 aromatic carbocycles. The average Bonchev–Trinajstić information content (AvgIpc) is 3.24. The van der Waals surface area contributed by atoms with Gasteiger partial charge in [0.2, 0.25) is 11.6 Å². The Morgan fingerprint density at radius 2 is 1.47 bits per heavy atom. The van der Waals surface area contributed by atoms with Crippen LogP contribution in [-0.4, -0.2) is 33.8 Å². The number of hydrogen-bond acceptors (Lipinski definition) is 7. The summed E-state index contributed by atoms with van der Waals surface area (Å²) in [6.45, 7) is 10.4. The lowest BCUT2D eigenvalue weighted by Gasteiger charge is -2.23. The minimum absolute atomic E-state index is 0.00590. The van der Waals surface area contributed by atoms with Crippen molar-refractivity contribution in [1.82, 2.24) is 0 Å². The van der Waals surface area contributed by atoms with Gasteiger partial charge in [0.15, 0.2) is 16.8 Å². The van der Waals surface area contributed by atoms with Crippen molar-refractivity contribution in [2.45, 2.75) is 77.9 Å². The molecule has 3 rings (SSSR count). The number of hydrogen-bond donors (Lipinski definition) is 1. The fraction of sp³-hybridized carbons (Fsp3) is 0.400. The van der Waals surface area contributed by atoms with Crippen LogP contribution >= 0.6 is 0 Å². The van der Waals surface area contributed by atoms with Gasteiger partial charge in [0.25, 0.3) is 0 Å². The highest BCUT2D eigenvalue weighted by Crippen LogP contribution is 2.44. The van der Waals surface area contributed by atoms with Gasteiger partial charge in [-0.05, 0) is 51.7 Å². The number of ketones is 2. The van der Waals surface area contributed by atoms with Crippen molar-refractivity contribution in [2.75, 3.05) is 0 Å². The lowest BCUT2D eigenvalue weighted by Crippen LogP contribution is -2.35. The third-order valence-corrected chi connectivity index (χ3v) is 6.58. The number of carboxylic acid groups (broad SMARTS) is 1. The molecule has 202 valence electrons. The van der Waals surface area contributed by atoms with Crippen molar-refractivity contribution in [3.8, 4) is 5.75 Å². The number of ether oxygens (including phenoxy) is 2. The Morgan fingerprint density at radius 1 is 0.921 bits per heavy atom. The summed E-state index contributed by atoms with van der Waals surface area (Å²) in [7, 11) is 0. The molecule has 1 N–H and O–H groups in total. The summed E-state index contributed by atoms with van der Waals surface area (Å²) in [5.74, 6) is -2.72. The zero-order valence-corrected chi connectivity index (χ0v) is 22.6. The molecule has 1 aromatic rings. The normalized spacial score (nSPS) is 24.3. The van der Waals surface area contributed by atoms with E-state index in [1.54, 1.807) is 51.2 Å². The van der Waals surface area contributed by atoms with Crippen LogP contribution in [0.3, 0.4) is 0 Å². The van der Waals surface area contributed by atoms with Crippen LogP contribution in [-0.2, 0) is 14.3 Å². The number of rotatable bonds is 10. The predicted molar refractivity (Wildman–Crippen MR) is 142 cm³/mol. The first-order chi connectivity index (χ1) is 17.9. The topological polar surface area (TPSA) is 120 Å². The molecule has 8 nitrogen and oxygen atoms in total. The summed E-state index contributed by atoms with van der Waals surface area (Å²) in [6, 6.07) is 0. The Kier molecular flexibility index (Phi) is 8.44. The van der Waals surface area contributed by atoms with Crippen molar-refractivity contribution in [3.63, 3.8) is 0 Å². The number of fused-ring (bicyclic) bond motifs is 1. The van der Waals surface area contributed by atoms with E-state index in [0.717, 1.165) is 12.8 Å². The molecule has 1 aromatic heterocycles. The third-order valence-electron chi connectivity index (χ3n) is 6.58. The molecule has 0 amide bonds. The minimum atomic E-state index is -1.47. The van der Waals surface area contributed by atoms with Crippen LogP contribution in [0.1, 0.15) is 81.5 Å². The maximum Gasteiger partial charge on any atom is 0.350 e. The second-order valence-electron chi connectivity index (χ2n) is 9.74. The number of Topliss-reactive ketones (excluding diaryl/α,β-unsaturated/α-hetero) is 2. The predicted octanol–water partition coefficient (Wildman–Crippen LogP) is 5.52. The van der Waals surface area contributed by atoms with Crippen LogP contribution in [0, 0.1) is 6.92 Å². The Labute approximate surface area is 222 Å². The monoisotopic (exact) mass is 522 g/mol. The second kappa shape index (κ2) is 11.2. The molecule has 0 radical (unpaired) electrons. The maximum atomic E-state index is 13.2. The van der Waals surface area contributed by atoms with Crippen LogP contribution < -0.4 is 10.4 Å². The lowest BCUT2D eigenvalue weighted by atomic mass is 9.91. The molecule has 0 fully saturated rings. The Hall–Kier alpha value is -3.94. The summed E-state index contributed by atoms with van der Waals surface area (Å²) in [4.78, 5) is 51.0. The standard InChI is InChI=1S/C30H34O8/c1-7-9-11-13-15-29(5)25(31)22(27(33)34)20(37-29)17-18(3)21-19(4)36-28(35)23-24(21)38-30(6,26(23)32)16-14-12-10-8-2/h9-16,18H,7-8,17H2,1-6H3,(H,33,34)/b11-9+,12-10+,15-13+,16-14+/t18-,29+,30+/m0/s1. The first-order valence-electron chi connectivity index (χ1n) is 12.7. The van der Waals surface area contributed by atoms with Crippen LogP contribution in [0.4, 0.5) is 0 Å². The van der Waals surface area contributed by atoms with Crippen molar-refractivity contribution in [3.05, 3.63) is 87.2 Å². The minimum Gasteiger partial charge on any atom is -0.479 e. The highest BCUT2D eigenvalue weighted by atomic mass is 16.5. The van der Waals surface area contributed by atoms with E-state index >= 15 is 0 Å². The zero-order chi connectivity index (χ0) is 28.3. The number of carbonyl (C=O) groups excluding carboxylic acids is 2. The third kappa shape index (κ3) is 5.35. The highest BCUT2D eigenvalue weighted by molar-refractivity contribution is 6.22. The van der Waals surface area contributed by atoms with Crippen LogP contribution in [0.25, 0.3) is 0 Å². The summed E-state index contributed by atoms with van der Waals surface area (Å²) in [6.07, 6.45) is 15.5.